The van der Waals surface area contributed by atoms with Crippen LogP contribution in [0.5, 0.6) is 0 Å². The Labute approximate surface area is 149 Å². The van der Waals surface area contributed by atoms with E-state index in [9.17, 15) is 24.6 Å². The van der Waals surface area contributed by atoms with Gasteiger partial charge in [-0.25, -0.2) is 4.79 Å². The van der Waals surface area contributed by atoms with Crippen LogP contribution < -0.4 is 5.32 Å². The Hall–Kier alpha value is -3.19. The number of aliphatic hydroxyl groups excluding tert-OH is 1. The van der Waals surface area contributed by atoms with Gasteiger partial charge in [-0.2, -0.15) is 0 Å². The molecule has 2 aromatic rings. The van der Waals surface area contributed by atoms with Crippen LogP contribution in [0.15, 0.2) is 42.5 Å². The third-order valence-electron chi connectivity index (χ3n) is 4.32. The maximum absolute atomic E-state index is 12.8. The molecule has 0 fully saturated rings. The van der Waals surface area contributed by atoms with Gasteiger partial charge >= 0.3 is 5.97 Å². The van der Waals surface area contributed by atoms with Crippen molar-refractivity contribution in [1.82, 2.24) is 4.90 Å². The summed E-state index contributed by atoms with van der Waals surface area (Å²) in [7, 11) is 0. The molecule has 1 aliphatic heterocycles. The van der Waals surface area contributed by atoms with Crippen molar-refractivity contribution in [2.24, 2.45) is 0 Å². The smallest absolute Gasteiger partial charge is 0.328 e. The number of nitrogens with zero attached hydrogens (tertiary/aromatic N) is 1. The number of aliphatic carboxylic acids is 1. The molecule has 26 heavy (non-hydrogen) atoms. The first-order chi connectivity index (χ1) is 12.4. The quantitative estimate of drug-likeness (QED) is 0.758. The fraction of sp³-hybridized carbons (Fsp3) is 0.211. The minimum atomic E-state index is -1.27. The number of hydrogen-bond donors (Lipinski definition) is 3. The predicted octanol–water partition coefficient (Wildman–Crippen LogP) is 1.71. The predicted molar refractivity (Wildman–Crippen MR) is 94.6 cm³/mol. The van der Waals surface area contributed by atoms with Gasteiger partial charge in [-0.05, 0) is 28.8 Å². The zero-order valence-corrected chi connectivity index (χ0v) is 14.1. The summed E-state index contributed by atoms with van der Waals surface area (Å²) >= 11 is 0. The first-order valence-corrected chi connectivity index (χ1v) is 8.07. The lowest BCUT2D eigenvalue weighted by Crippen LogP contribution is -2.43. The molecule has 0 aromatic heterocycles. The maximum Gasteiger partial charge on any atom is 0.328 e. The highest BCUT2D eigenvalue weighted by Crippen LogP contribution is 2.34. The molecule has 0 radical (unpaired) electrons. The van der Waals surface area contributed by atoms with Crippen LogP contribution in [0.1, 0.15) is 22.8 Å². The van der Waals surface area contributed by atoms with E-state index >= 15 is 0 Å². The minimum Gasteiger partial charge on any atom is -0.480 e. The number of rotatable bonds is 5. The number of fused-ring (bicyclic) bond motifs is 1. The second-order valence-corrected chi connectivity index (χ2v) is 6.07. The highest BCUT2D eigenvalue weighted by Gasteiger charge is 2.37. The molecule has 7 heteroatoms. The molecule has 0 saturated heterocycles. The number of nitrogens with one attached hydrogen (secondary N) is 1. The Morgan fingerprint density at radius 3 is 2.46 bits per heavy atom. The van der Waals surface area contributed by atoms with E-state index in [0.29, 0.717) is 16.8 Å². The third-order valence-corrected chi connectivity index (χ3v) is 4.32. The normalized spacial score (nSPS) is 14.1. The van der Waals surface area contributed by atoms with Crippen molar-refractivity contribution in [3.8, 4) is 11.1 Å². The van der Waals surface area contributed by atoms with Crippen molar-refractivity contribution in [3.05, 3.63) is 53.6 Å². The summed E-state index contributed by atoms with van der Waals surface area (Å²) in [6.07, 6.45) is 0. The lowest BCUT2D eigenvalue weighted by atomic mass is 9.96. The van der Waals surface area contributed by atoms with Crippen molar-refractivity contribution in [3.63, 3.8) is 0 Å². The molecular formula is C19H18N2O5. The average Bonchev–Trinajstić information content (AvgIpc) is 2.92. The van der Waals surface area contributed by atoms with E-state index in [-0.39, 0.29) is 12.5 Å². The first kappa shape index (κ1) is 17.6. The van der Waals surface area contributed by atoms with Crippen LogP contribution in [0.25, 0.3) is 11.1 Å². The van der Waals surface area contributed by atoms with E-state index < -0.39 is 24.5 Å². The summed E-state index contributed by atoms with van der Waals surface area (Å²) in [6.45, 7) is 0.921. The molecule has 2 aromatic carbocycles. The summed E-state index contributed by atoms with van der Waals surface area (Å²) in [4.78, 5) is 36.4. The van der Waals surface area contributed by atoms with Gasteiger partial charge in [0.2, 0.25) is 5.91 Å². The van der Waals surface area contributed by atoms with Gasteiger partial charge in [0.05, 0.1) is 12.2 Å². The van der Waals surface area contributed by atoms with Gasteiger partial charge < -0.3 is 20.4 Å². The standard InChI is InChI=1S/C19H18N2O5/c1-11(23)20-14-7-5-12(6-8-14)15-4-2-3-13-9-21(18(24)17(13)15)16(10-22)19(25)26/h2-8,16,22H,9-10H2,1H3,(H,20,23)(H,25,26)/t16-/m0/s1. The fourth-order valence-electron chi connectivity index (χ4n) is 3.12. The number of carbonyl (C=O) groups excluding carboxylic acids is 2. The molecule has 134 valence electrons. The lowest BCUT2D eigenvalue weighted by molar-refractivity contribution is -0.143. The summed E-state index contributed by atoms with van der Waals surface area (Å²) in [5.41, 5.74) is 3.28. The zero-order chi connectivity index (χ0) is 18.8. The molecular weight excluding hydrogens is 336 g/mol. The van der Waals surface area contributed by atoms with E-state index in [1.807, 2.05) is 0 Å². The molecule has 0 saturated carbocycles. The molecule has 0 unspecified atom stereocenters. The molecule has 1 heterocycles. The van der Waals surface area contributed by atoms with Crippen LogP contribution in [-0.4, -0.2) is 45.5 Å². The fourth-order valence-corrected chi connectivity index (χ4v) is 3.12. The van der Waals surface area contributed by atoms with Crippen LogP contribution in [0.2, 0.25) is 0 Å². The van der Waals surface area contributed by atoms with E-state index in [4.69, 9.17) is 0 Å². The minimum absolute atomic E-state index is 0.142. The monoisotopic (exact) mass is 354 g/mol. The van der Waals surface area contributed by atoms with E-state index in [1.165, 1.54) is 11.8 Å². The Kier molecular flexibility index (Phi) is 4.73. The Morgan fingerprint density at radius 1 is 1.19 bits per heavy atom. The number of amides is 2. The summed E-state index contributed by atoms with van der Waals surface area (Å²) < 4.78 is 0. The van der Waals surface area contributed by atoms with Crippen molar-refractivity contribution < 1.29 is 24.6 Å². The number of carboxylic acid groups (broad SMARTS) is 1. The highest BCUT2D eigenvalue weighted by molar-refractivity contribution is 6.06. The number of carboxylic acids is 1. The number of hydrogen-bond acceptors (Lipinski definition) is 4. The van der Waals surface area contributed by atoms with Gasteiger partial charge in [0, 0.05) is 19.2 Å². The van der Waals surface area contributed by atoms with Crippen LogP contribution in [0.3, 0.4) is 0 Å². The number of aliphatic hydroxyl groups is 1. The second kappa shape index (κ2) is 6.97. The van der Waals surface area contributed by atoms with E-state index in [0.717, 1.165) is 11.1 Å². The lowest BCUT2D eigenvalue weighted by Gasteiger charge is -2.22. The summed E-state index contributed by atoms with van der Waals surface area (Å²) in [5, 5.41) is 21.2. The first-order valence-electron chi connectivity index (χ1n) is 8.07. The van der Waals surface area contributed by atoms with Gasteiger partial charge in [0.25, 0.3) is 5.91 Å². The number of anilines is 1. The van der Waals surface area contributed by atoms with Crippen LogP contribution in [0.4, 0.5) is 5.69 Å². The van der Waals surface area contributed by atoms with Crippen LogP contribution in [-0.2, 0) is 16.1 Å². The number of carbonyl (C=O) groups is 3. The summed E-state index contributed by atoms with van der Waals surface area (Å²) in [6, 6.07) is 11.2. The van der Waals surface area contributed by atoms with Crippen LogP contribution >= 0.6 is 0 Å². The van der Waals surface area contributed by atoms with Gasteiger partial charge in [0.1, 0.15) is 0 Å². The molecule has 7 nitrogen and oxygen atoms in total. The Bertz CT molecular complexity index is 876. The molecule has 2 amide bonds. The van der Waals surface area contributed by atoms with Crippen molar-refractivity contribution in [2.45, 2.75) is 19.5 Å². The number of benzene rings is 2. The van der Waals surface area contributed by atoms with Gasteiger partial charge in [0.15, 0.2) is 6.04 Å². The zero-order valence-electron chi connectivity index (χ0n) is 14.1. The van der Waals surface area contributed by atoms with Crippen molar-refractivity contribution >= 4 is 23.5 Å². The van der Waals surface area contributed by atoms with E-state index in [1.54, 1.807) is 42.5 Å². The maximum atomic E-state index is 12.8. The molecule has 3 N–H and O–H groups in total. The van der Waals surface area contributed by atoms with Crippen LogP contribution in [0, 0.1) is 0 Å². The second-order valence-electron chi connectivity index (χ2n) is 6.07. The third kappa shape index (κ3) is 3.16. The van der Waals surface area contributed by atoms with Gasteiger partial charge in [-0.1, -0.05) is 30.3 Å². The highest BCUT2D eigenvalue weighted by atomic mass is 16.4. The van der Waals surface area contributed by atoms with Gasteiger partial charge in [-0.3, -0.25) is 9.59 Å². The molecule has 3 rings (SSSR count). The molecule has 1 atom stereocenters. The topological polar surface area (TPSA) is 107 Å². The molecule has 0 bridgehead atoms. The molecule has 0 aliphatic carbocycles. The van der Waals surface area contributed by atoms with Crippen molar-refractivity contribution in [1.29, 1.82) is 0 Å². The Morgan fingerprint density at radius 2 is 1.88 bits per heavy atom. The Balaban J connectivity index is 1.97. The van der Waals surface area contributed by atoms with E-state index in [2.05, 4.69) is 5.32 Å². The SMILES string of the molecule is CC(=O)Nc1ccc(-c2cccc3c2C(=O)N([C@@H](CO)C(=O)O)C3)cc1. The largest absolute Gasteiger partial charge is 0.480 e. The average molecular weight is 354 g/mol. The van der Waals surface area contributed by atoms with Crippen molar-refractivity contribution in [2.75, 3.05) is 11.9 Å². The molecule has 0 spiro atoms. The van der Waals surface area contributed by atoms with Gasteiger partial charge in [-0.15, -0.1) is 0 Å². The molecule has 1 aliphatic rings. The summed E-state index contributed by atoms with van der Waals surface area (Å²) in [5.74, 6) is -1.83.